The maximum atomic E-state index is 5.72. The SMILES string of the molecule is CC(N)c1csc(-c2ccncn2)n1. The molecule has 0 spiro atoms. The Bertz CT molecular complexity index is 410. The molecule has 0 amide bonds. The number of thiazole rings is 1. The first kappa shape index (κ1) is 9.23. The van der Waals surface area contributed by atoms with Gasteiger partial charge in [-0.15, -0.1) is 11.3 Å². The molecule has 0 aliphatic carbocycles. The van der Waals surface area contributed by atoms with Gasteiger partial charge in [0.25, 0.3) is 0 Å². The molecule has 72 valence electrons. The van der Waals surface area contributed by atoms with Gasteiger partial charge in [-0.2, -0.15) is 0 Å². The molecule has 0 aromatic carbocycles. The lowest BCUT2D eigenvalue weighted by Crippen LogP contribution is -2.04. The topological polar surface area (TPSA) is 64.7 Å². The van der Waals surface area contributed by atoms with Crippen LogP contribution in [-0.2, 0) is 0 Å². The molecule has 1 unspecified atom stereocenters. The number of aromatic nitrogens is 3. The van der Waals surface area contributed by atoms with E-state index in [-0.39, 0.29) is 6.04 Å². The minimum Gasteiger partial charge on any atom is -0.323 e. The van der Waals surface area contributed by atoms with E-state index in [1.54, 1.807) is 17.5 Å². The van der Waals surface area contributed by atoms with E-state index in [0.717, 1.165) is 16.4 Å². The lowest BCUT2D eigenvalue weighted by molar-refractivity contribution is 0.790. The second-order valence-corrected chi connectivity index (χ2v) is 3.82. The molecule has 2 N–H and O–H groups in total. The van der Waals surface area contributed by atoms with E-state index < -0.39 is 0 Å². The number of hydrogen-bond acceptors (Lipinski definition) is 5. The monoisotopic (exact) mass is 206 g/mol. The van der Waals surface area contributed by atoms with Crippen LogP contribution in [0.15, 0.2) is 24.0 Å². The lowest BCUT2D eigenvalue weighted by Gasteiger charge is -1.97. The Morgan fingerprint density at radius 3 is 2.93 bits per heavy atom. The molecule has 0 aliphatic rings. The van der Waals surface area contributed by atoms with Gasteiger partial charge in [-0.25, -0.2) is 15.0 Å². The fraction of sp³-hybridized carbons (Fsp3) is 0.222. The molecule has 0 saturated heterocycles. The normalized spacial score (nSPS) is 12.7. The van der Waals surface area contributed by atoms with Gasteiger partial charge >= 0.3 is 0 Å². The van der Waals surface area contributed by atoms with Crippen LogP contribution in [0.25, 0.3) is 10.7 Å². The van der Waals surface area contributed by atoms with Crippen LogP contribution in [0.5, 0.6) is 0 Å². The van der Waals surface area contributed by atoms with Gasteiger partial charge in [0.15, 0.2) is 0 Å². The summed E-state index contributed by atoms with van der Waals surface area (Å²) in [6.45, 7) is 1.92. The Kier molecular flexibility index (Phi) is 2.51. The second-order valence-electron chi connectivity index (χ2n) is 2.96. The minimum atomic E-state index is -0.0261. The number of nitrogens with two attached hydrogens (primary N) is 1. The van der Waals surface area contributed by atoms with E-state index in [9.17, 15) is 0 Å². The Balaban J connectivity index is 2.34. The average molecular weight is 206 g/mol. The van der Waals surface area contributed by atoms with Crippen molar-refractivity contribution in [1.82, 2.24) is 15.0 Å². The summed E-state index contributed by atoms with van der Waals surface area (Å²) in [6.07, 6.45) is 3.22. The van der Waals surface area contributed by atoms with Crippen molar-refractivity contribution in [1.29, 1.82) is 0 Å². The van der Waals surface area contributed by atoms with Crippen molar-refractivity contribution < 1.29 is 0 Å². The summed E-state index contributed by atoms with van der Waals surface area (Å²) in [6, 6.07) is 1.81. The average Bonchev–Trinajstić information content (AvgIpc) is 2.68. The predicted molar refractivity (Wildman–Crippen MR) is 55.7 cm³/mol. The molecule has 2 aromatic rings. The molecule has 2 aromatic heterocycles. The molecule has 5 heteroatoms. The van der Waals surface area contributed by atoms with Gasteiger partial charge in [-0.05, 0) is 13.0 Å². The van der Waals surface area contributed by atoms with Crippen LogP contribution in [0.1, 0.15) is 18.7 Å². The summed E-state index contributed by atoms with van der Waals surface area (Å²) in [5, 5.41) is 2.85. The summed E-state index contributed by atoms with van der Waals surface area (Å²) in [5.74, 6) is 0. The smallest absolute Gasteiger partial charge is 0.142 e. The van der Waals surface area contributed by atoms with Crippen LogP contribution in [0.2, 0.25) is 0 Å². The van der Waals surface area contributed by atoms with Crippen LogP contribution in [0, 0.1) is 0 Å². The van der Waals surface area contributed by atoms with Crippen LogP contribution in [0.3, 0.4) is 0 Å². The summed E-state index contributed by atoms with van der Waals surface area (Å²) in [5.41, 5.74) is 7.47. The Labute approximate surface area is 85.9 Å². The van der Waals surface area contributed by atoms with Gasteiger partial charge in [0, 0.05) is 17.6 Å². The summed E-state index contributed by atoms with van der Waals surface area (Å²) in [7, 11) is 0. The van der Waals surface area contributed by atoms with Gasteiger partial charge < -0.3 is 5.73 Å². The van der Waals surface area contributed by atoms with Crippen LogP contribution >= 0.6 is 11.3 Å². The Morgan fingerprint density at radius 2 is 2.36 bits per heavy atom. The number of hydrogen-bond donors (Lipinski definition) is 1. The molecule has 4 nitrogen and oxygen atoms in total. The van der Waals surface area contributed by atoms with Gasteiger partial charge in [0.05, 0.1) is 5.69 Å². The molecule has 2 rings (SSSR count). The van der Waals surface area contributed by atoms with Crippen LogP contribution in [-0.4, -0.2) is 15.0 Å². The zero-order chi connectivity index (χ0) is 9.97. The summed E-state index contributed by atoms with van der Waals surface area (Å²) < 4.78 is 0. The summed E-state index contributed by atoms with van der Waals surface area (Å²) in [4.78, 5) is 12.4. The fourth-order valence-corrected chi connectivity index (χ4v) is 1.93. The van der Waals surface area contributed by atoms with Gasteiger partial charge in [0.2, 0.25) is 0 Å². The molecule has 0 saturated carbocycles. The molecular weight excluding hydrogens is 196 g/mol. The zero-order valence-corrected chi connectivity index (χ0v) is 8.53. The minimum absolute atomic E-state index is 0.0261. The van der Waals surface area contributed by atoms with E-state index in [2.05, 4.69) is 15.0 Å². The maximum Gasteiger partial charge on any atom is 0.142 e. The third kappa shape index (κ3) is 1.78. The van der Waals surface area contributed by atoms with Gasteiger partial charge in [-0.3, -0.25) is 0 Å². The van der Waals surface area contributed by atoms with Crippen molar-refractivity contribution >= 4 is 11.3 Å². The third-order valence-corrected chi connectivity index (χ3v) is 2.67. The second kappa shape index (κ2) is 3.81. The van der Waals surface area contributed by atoms with E-state index >= 15 is 0 Å². The molecule has 0 fully saturated rings. The fourth-order valence-electron chi connectivity index (χ4n) is 1.03. The molecule has 14 heavy (non-hydrogen) atoms. The van der Waals surface area contributed by atoms with E-state index in [4.69, 9.17) is 5.73 Å². The van der Waals surface area contributed by atoms with Crippen molar-refractivity contribution in [3.63, 3.8) is 0 Å². The molecular formula is C9H10N4S. The quantitative estimate of drug-likeness (QED) is 0.811. The largest absolute Gasteiger partial charge is 0.323 e. The first-order valence-electron chi connectivity index (χ1n) is 4.25. The van der Waals surface area contributed by atoms with Crippen molar-refractivity contribution in [2.45, 2.75) is 13.0 Å². The standard InChI is InChI=1S/C9H10N4S/c1-6(10)8-4-14-9(13-8)7-2-3-11-5-12-7/h2-6H,10H2,1H3. The molecule has 0 bridgehead atoms. The Hall–Kier alpha value is -1.33. The van der Waals surface area contributed by atoms with E-state index in [0.29, 0.717) is 0 Å². The highest BCUT2D eigenvalue weighted by atomic mass is 32.1. The number of nitrogens with zero attached hydrogens (tertiary/aromatic N) is 3. The molecule has 2 heterocycles. The van der Waals surface area contributed by atoms with Crippen molar-refractivity contribution in [3.8, 4) is 10.7 Å². The first-order chi connectivity index (χ1) is 6.77. The zero-order valence-electron chi connectivity index (χ0n) is 7.71. The van der Waals surface area contributed by atoms with Gasteiger partial charge in [-0.1, -0.05) is 0 Å². The van der Waals surface area contributed by atoms with Crippen molar-refractivity contribution in [2.24, 2.45) is 5.73 Å². The first-order valence-corrected chi connectivity index (χ1v) is 5.12. The van der Waals surface area contributed by atoms with Crippen molar-refractivity contribution in [3.05, 3.63) is 29.7 Å². The highest BCUT2D eigenvalue weighted by Gasteiger charge is 2.07. The molecule has 0 aliphatic heterocycles. The predicted octanol–water partition coefficient (Wildman–Crippen LogP) is 1.62. The van der Waals surface area contributed by atoms with E-state index in [1.165, 1.54) is 6.33 Å². The van der Waals surface area contributed by atoms with Crippen LogP contribution in [0.4, 0.5) is 0 Å². The highest BCUT2D eigenvalue weighted by molar-refractivity contribution is 7.13. The molecule has 0 radical (unpaired) electrons. The van der Waals surface area contributed by atoms with Crippen molar-refractivity contribution in [2.75, 3.05) is 0 Å². The highest BCUT2D eigenvalue weighted by Crippen LogP contribution is 2.23. The van der Waals surface area contributed by atoms with E-state index in [1.807, 2.05) is 18.4 Å². The number of rotatable bonds is 2. The third-order valence-electron chi connectivity index (χ3n) is 1.79. The lowest BCUT2D eigenvalue weighted by atomic mass is 10.3. The molecule has 1 atom stereocenters. The maximum absolute atomic E-state index is 5.72. The van der Waals surface area contributed by atoms with Crippen LogP contribution < -0.4 is 5.73 Å². The van der Waals surface area contributed by atoms with Gasteiger partial charge in [0.1, 0.15) is 17.0 Å². The summed E-state index contributed by atoms with van der Waals surface area (Å²) >= 11 is 1.55. The Morgan fingerprint density at radius 1 is 1.50 bits per heavy atom.